The summed E-state index contributed by atoms with van der Waals surface area (Å²) in [6.07, 6.45) is 3.79. The number of amides is 3. The average molecular weight is 644 g/mol. The number of rotatable bonds is 10. The van der Waals surface area contributed by atoms with Crippen LogP contribution in [-0.4, -0.2) is 52.0 Å². The molecule has 3 heterocycles. The summed E-state index contributed by atoms with van der Waals surface area (Å²) in [6.45, 7) is 5.03. The smallest absolute Gasteiger partial charge is 0.417 e. The van der Waals surface area contributed by atoms with Crippen molar-refractivity contribution in [2.75, 3.05) is 13.7 Å². The summed E-state index contributed by atoms with van der Waals surface area (Å²) in [5.41, 5.74) is -0.0431. The summed E-state index contributed by atoms with van der Waals surface area (Å²) in [6, 6.07) is 9.50. The van der Waals surface area contributed by atoms with Crippen molar-refractivity contribution < 1.29 is 33.0 Å². The molecule has 0 saturated heterocycles. The van der Waals surface area contributed by atoms with Crippen molar-refractivity contribution in [1.82, 2.24) is 24.9 Å². The topological polar surface area (TPSA) is 132 Å². The van der Waals surface area contributed by atoms with Gasteiger partial charge >= 0.3 is 6.09 Å². The summed E-state index contributed by atoms with van der Waals surface area (Å²) in [7, 11) is 1.45. The van der Waals surface area contributed by atoms with Gasteiger partial charge < -0.3 is 19.5 Å². The van der Waals surface area contributed by atoms with E-state index in [4.69, 9.17) is 25.8 Å². The molecule has 1 aromatic carbocycles. The van der Waals surface area contributed by atoms with Crippen LogP contribution in [0.5, 0.6) is 11.5 Å². The van der Waals surface area contributed by atoms with Gasteiger partial charge in [-0.25, -0.2) is 14.1 Å². The number of ether oxygens (including phenoxy) is 3. The van der Waals surface area contributed by atoms with Gasteiger partial charge in [0.05, 0.1) is 23.2 Å². The molecule has 0 spiro atoms. The zero-order chi connectivity index (χ0) is 31.9. The van der Waals surface area contributed by atoms with E-state index >= 15 is 0 Å². The number of carbonyl (C=O) groups is 3. The van der Waals surface area contributed by atoms with Gasteiger partial charge in [-0.2, -0.15) is 0 Å². The lowest BCUT2D eigenvalue weighted by Crippen LogP contribution is -2.48. The molecule has 11 nitrogen and oxygen atoms in total. The number of methoxy groups -OCH3 is 1. The van der Waals surface area contributed by atoms with Crippen molar-refractivity contribution in [2.45, 2.75) is 50.8 Å². The number of nitrogens with zero attached hydrogens (tertiary/aromatic N) is 3. The number of para-hydroxylation sites is 1. The number of pyridine rings is 2. The molecule has 4 rings (SSSR count). The Morgan fingerprint density at radius 1 is 1.16 bits per heavy atom. The summed E-state index contributed by atoms with van der Waals surface area (Å²) in [5, 5.41) is 3.50. The molecule has 1 aliphatic rings. The number of imide groups is 1. The molecule has 0 saturated carbocycles. The Balaban J connectivity index is 1.57. The first kappa shape index (κ1) is 32.6. The van der Waals surface area contributed by atoms with Crippen LogP contribution in [0.25, 0.3) is 0 Å². The van der Waals surface area contributed by atoms with Crippen molar-refractivity contribution in [2.24, 2.45) is 0 Å². The number of nitrogens with one attached hydrogen (secondary N) is 2. The van der Waals surface area contributed by atoms with E-state index in [2.05, 4.69) is 20.0 Å². The minimum atomic E-state index is -0.859. The standard InChI is InChI=1S/C30H31ClFN5O6S/c1-30(2,3)43-29(40)37-14-11-21(25(28(37)39)27(38)36-44-24-9-5-7-19(31)26(24)41-4)35-15-18-10-13-33-16-23(18)42-17-22-20(32)8-6-12-34-22/h5-10,12-13,16,35H,11,14-15,17H2,1-4H3,(H,36,38). The van der Waals surface area contributed by atoms with Gasteiger partial charge in [0, 0.05) is 43.2 Å². The van der Waals surface area contributed by atoms with Gasteiger partial charge in [-0.15, -0.1) is 0 Å². The molecule has 232 valence electrons. The van der Waals surface area contributed by atoms with Crippen LogP contribution in [-0.2, 0) is 27.5 Å². The minimum Gasteiger partial charge on any atom is -0.494 e. The Hall–Kier alpha value is -4.36. The summed E-state index contributed by atoms with van der Waals surface area (Å²) in [4.78, 5) is 49.5. The van der Waals surface area contributed by atoms with E-state index < -0.39 is 29.3 Å². The fraction of sp³-hybridized carbons (Fsp3) is 0.300. The van der Waals surface area contributed by atoms with Crippen molar-refractivity contribution in [3.8, 4) is 11.5 Å². The van der Waals surface area contributed by atoms with Gasteiger partial charge in [-0.05, 0) is 63.1 Å². The van der Waals surface area contributed by atoms with E-state index in [9.17, 15) is 18.8 Å². The molecule has 0 atom stereocenters. The van der Waals surface area contributed by atoms with E-state index in [1.165, 1.54) is 31.6 Å². The highest BCUT2D eigenvalue weighted by Crippen LogP contribution is 2.34. The van der Waals surface area contributed by atoms with Gasteiger partial charge in [0.15, 0.2) is 5.75 Å². The van der Waals surface area contributed by atoms with Crippen LogP contribution in [0.15, 0.2) is 71.2 Å². The number of aromatic nitrogens is 2. The van der Waals surface area contributed by atoms with Crippen molar-refractivity contribution in [3.63, 3.8) is 0 Å². The molecule has 1 aliphatic heterocycles. The third kappa shape index (κ3) is 8.17. The molecule has 44 heavy (non-hydrogen) atoms. The Morgan fingerprint density at radius 3 is 2.68 bits per heavy atom. The third-order valence-corrected chi connectivity index (χ3v) is 7.26. The van der Waals surface area contributed by atoms with Crippen LogP contribution in [0, 0.1) is 5.82 Å². The highest BCUT2D eigenvalue weighted by molar-refractivity contribution is 7.98. The first-order chi connectivity index (χ1) is 21.0. The fourth-order valence-electron chi connectivity index (χ4n) is 4.09. The van der Waals surface area contributed by atoms with E-state index in [0.29, 0.717) is 32.7 Å². The molecular weight excluding hydrogens is 613 g/mol. The lowest BCUT2D eigenvalue weighted by atomic mass is 10.0. The minimum absolute atomic E-state index is 0.0131. The Kier molecular flexibility index (Phi) is 10.7. The predicted octanol–water partition coefficient (Wildman–Crippen LogP) is 5.19. The molecule has 0 bridgehead atoms. The zero-order valence-corrected chi connectivity index (χ0v) is 26.1. The third-order valence-electron chi connectivity index (χ3n) is 6.14. The summed E-state index contributed by atoms with van der Waals surface area (Å²) < 4.78 is 33.2. The lowest BCUT2D eigenvalue weighted by Gasteiger charge is -2.31. The number of hydrogen-bond acceptors (Lipinski definition) is 10. The maximum atomic E-state index is 14.1. The van der Waals surface area contributed by atoms with Gasteiger partial charge in [-0.1, -0.05) is 17.7 Å². The quantitative estimate of drug-likeness (QED) is 0.225. The lowest BCUT2D eigenvalue weighted by molar-refractivity contribution is -0.130. The Bertz CT molecular complexity index is 1580. The van der Waals surface area contributed by atoms with Gasteiger partial charge in [-0.3, -0.25) is 24.3 Å². The normalized spacial score (nSPS) is 13.4. The van der Waals surface area contributed by atoms with Crippen LogP contribution in [0.4, 0.5) is 9.18 Å². The van der Waals surface area contributed by atoms with Crippen LogP contribution in [0.3, 0.4) is 0 Å². The second-order valence-electron chi connectivity index (χ2n) is 10.4. The van der Waals surface area contributed by atoms with E-state index in [1.807, 2.05) is 0 Å². The van der Waals surface area contributed by atoms with Crippen molar-refractivity contribution in [3.05, 3.63) is 88.4 Å². The predicted molar refractivity (Wildman–Crippen MR) is 161 cm³/mol. The molecule has 0 radical (unpaired) electrons. The molecule has 3 aromatic rings. The molecule has 2 aromatic heterocycles. The van der Waals surface area contributed by atoms with Gasteiger partial charge in [0.2, 0.25) is 0 Å². The molecule has 0 unspecified atom stereocenters. The molecule has 14 heteroatoms. The Labute approximate surface area is 263 Å². The first-order valence-electron chi connectivity index (χ1n) is 13.4. The SMILES string of the molecule is COc1c(Cl)cccc1SNC(=O)C1=C(NCc2ccncc2OCc2ncccc2F)CCN(C(=O)OC(C)(C)C)C1=O. The highest BCUT2D eigenvalue weighted by atomic mass is 35.5. The van der Waals surface area contributed by atoms with E-state index in [1.54, 1.807) is 51.2 Å². The second-order valence-corrected chi connectivity index (χ2v) is 11.7. The highest BCUT2D eigenvalue weighted by Gasteiger charge is 2.37. The maximum absolute atomic E-state index is 14.1. The molecular formula is C30H31ClFN5O6S. The number of halogens is 2. The van der Waals surface area contributed by atoms with Gasteiger partial charge in [0.1, 0.15) is 35.0 Å². The monoisotopic (exact) mass is 643 g/mol. The molecule has 0 aliphatic carbocycles. The fourth-order valence-corrected chi connectivity index (χ4v) is 5.14. The molecule has 3 amide bonds. The van der Waals surface area contributed by atoms with Crippen LogP contribution >= 0.6 is 23.5 Å². The number of carbonyl (C=O) groups excluding carboxylic acids is 3. The number of benzene rings is 1. The average Bonchev–Trinajstić information content (AvgIpc) is 2.98. The van der Waals surface area contributed by atoms with Gasteiger partial charge in [0.25, 0.3) is 11.8 Å². The van der Waals surface area contributed by atoms with Crippen molar-refractivity contribution >= 4 is 41.5 Å². The zero-order valence-electron chi connectivity index (χ0n) is 24.5. The molecule has 2 N–H and O–H groups in total. The van der Waals surface area contributed by atoms with Crippen LogP contribution in [0.2, 0.25) is 5.02 Å². The Morgan fingerprint density at radius 2 is 1.95 bits per heavy atom. The van der Waals surface area contributed by atoms with Crippen molar-refractivity contribution in [1.29, 1.82) is 0 Å². The molecule has 0 fully saturated rings. The van der Waals surface area contributed by atoms with Crippen LogP contribution in [0.1, 0.15) is 38.4 Å². The second kappa shape index (κ2) is 14.4. The van der Waals surface area contributed by atoms with E-state index in [-0.39, 0.29) is 37.4 Å². The number of hydrogen-bond donors (Lipinski definition) is 2. The maximum Gasteiger partial charge on any atom is 0.417 e. The largest absolute Gasteiger partial charge is 0.494 e. The van der Waals surface area contributed by atoms with Crippen LogP contribution < -0.4 is 19.5 Å². The summed E-state index contributed by atoms with van der Waals surface area (Å²) in [5.74, 6) is -1.35. The first-order valence-corrected chi connectivity index (χ1v) is 14.6. The van der Waals surface area contributed by atoms with E-state index in [0.717, 1.165) is 16.8 Å². The summed E-state index contributed by atoms with van der Waals surface area (Å²) >= 11 is 7.12.